The van der Waals surface area contributed by atoms with Gasteiger partial charge in [-0.1, -0.05) is 18.2 Å². The van der Waals surface area contributed by atoms with Crippen molar-refractivity contribution in [3.63, 3.8) is 0 Å². The molecule has 3 rings (SSSR count). The zero-order valence-electron chi connectivity index (χ0n) is 11.8. The molecule has 1 aromatic carbocycles. The molecule has 19 heavy (non-hydrogen) atoms. The van der Waals surface area contributed by atoms with E-state index in [0.29, 0.717) is 12.0 Å². The van der Waals surface area contributed by atoms with Gasteiger partial charge in [-0.15, -0.1) is 0 Å². The van der Waals surface area contributed by atoms with Gasteiger partial charge in [-0.3, -0.25) is 0 Å². The average molecular weight is 260 g/mol. The minimum Gasteiger partial charge on any atom is -0.384 e. The maximum Gasteiger partial charge on any atom is 0.0702 e. The summed E-state index contributed by atoms with van der Waals surface area (Å²) >= 11 is 0. The van der Waals surface area contributed by atoms with E-state index in [0.717, 1.165) is 26.2 Å². The van der Waals surface area contributed by atoms with E-state index in [-0.39, 0.29) is 0 Å². The van der Waals surface area contributed by atoms with Gasteiger partial charge in [0.15, 0.2) is 0 Å². The van der Waals surface area contributed by atoms with Crippen molar-refractivity contribution in [3.8, 4) is 0 Å². The third-order valence-corrected chi connectivity index (χ3v) is 4.22. The predicted molar refractivity (Wildman–Crippen MR) is 78.6 cm³/mol. The Bertz CT molecular complexity index is 415. The van der Waals surface area contributed by atoms with Crippen LogP contribution in [0.15, 0.2) is 24.3 Å². The van der Waals surface area contributed by atoms with Gasteiger partial charge in [0.05, 0.1) is 6.10 Å². The highest BCUT2D eigenvalue weighted by molar-refractivity contribution is 5.53. The first-order valence-electron chi connectivity index (χ1n) is 7.43. The van der Waals surface area contributed by atoms with Gasteiger partial charge in [0.2, 0.25) is 0 Å². The molecule has 0 aromatic heterocycles. The minimum atomic E-state index is 0.467. The lowest BCUT2D eigenvalue weighted by atomic mass is 9.93. The summed E-state index contributed by atoms with van der Waals surface area (Å²) in [5, 5.41) is 3.55. The van der Waals surface area contributed by atoms with Crippen molar-refractivity contribution in [3.05, 3.63) is 29.8 Å². The summed E-state index contributed by atoms with van der Waals surface area (Å²) in [7, 11) is 2.22. The maximum atomic E-state index is 5.71. The van der Waals surface area contributed by atoms with Crippen molar-refractivity contribution < 1.29 is 4.74 Å². The van der Waals surface area contributed by atoms with Gasteiger partial charge in [-0.2, -0.15) is 0 Å². The fraction of sp³-hybridized carbons (Fsp3) is 0.625. The van der Waals surface area contributed by atoms with Crippen LogP contribution in [-0.2, 0) is 11.2 Å². The van der Waals surface area contributed by atoms with E-state index in [4.69, 9.17) is 4.74 Å². The van der Waals surface area contributed by atoms with E-state index in [9.17, 15) is 0 Å². The third-order valence-electron chi connectivity index (χ3n) is 4.22. The summed E-state index contributed by atoms with van der Waals surface area (Å²) in [6, 6.07) is 8.67. The SMILES string of the molecule is CN(CC1CNc2ccccc2C1)CC1CCCO1. The lowest BCUT2D eigenvalue weighted by Gasteiger charge is -2.30. The molecule has 1 aromatic rings. The molecule has 3 heteroatoms. The number of ether oxygens (including phenoxy) is 1. The Morgan fingerprint density at radius 3 is 3.05 bits per heavy atom. The molecule has 0 amide bonds. The number of nitrogens with one attached hydrogen (secondary N) is 1. The molecule has 2 aliphatic rings. The van der Waals surface area contributed by atoms with Gasteiger partial charge in [0.1, 0.15) is 0 Å². The van der Waals surface area contributed by atoms with Crippen molar-refractivity contribution in [2.24, 2.45) is 5.92 Å². The number of nitrogens with zero attached hydrogens (tertiary/aromatic N) is 1. The quantitative estimate of drug-likeness (QED) is 0.899. The second-order valence-electron chi connectivity index (χ2n) is 5.96. The van der Waals surface area contributed by atoms with Crippen molar-refractivity contribution in [1.82, 2.24) is 4.90 Å². The molecule has 2 atom stereocenters. The monoisotopic (exact) mass is 260 g/mol. The lowest BCUT2D eigenvalue weighted by molar-refractivity contribution is 0.0770. The van der Waals surface area contributed by atoms with E-state index in [1.165, 1.54) is 30.5 Å². The summed E-state index contributed by atoms with van der Waals surface area (Å²) < 4.78 is 5.71. The van der Waals surface area contributed by atoms with Crippen LogP contribution >= 0.6 is 0 Å². The molecule has 1 fully saturated rings. The Kier molecular flexibility index (Phi) is 4.04. The normalized spacial score (nSPS) is 26.2. The fourth-order valence-electron chi connectivity index (χ4n) is 3.29. The molecule has 104 valence electrons. The number of fused-ring (bicyclic) bond motifs is 1. The van der Waals surface area contributed by atoms with Crippen molar-refractivity contribution in [1.29, 1.82) is 0 Å². The van der Waals surface area contributed by atoms with E-state index in [2.05, 4.69) is 41.5 Å². The Hall–Kier alpha value is -1.06. The smallest absolute Gasteiger partial charge is 0.0702 e. The molecule has 0 bridgehead atoms. The molecular formula is C16H24N2O. The zero-order chi connectivity index (χ0) is 13.1. The van der Waals surface area contributed by atoms with Crippen LogP contribution in [0.2, 0.25) is 0 Å². The van der Waals surface area contributed by atoms with E-state index < -0.39 is 0 Å². The summed E-state index contributed by atoms with van der Waals surface area (Å²) in [5.41, 5.74) is 2.78. The number of hydrogen-bond donors (Lipinski definition) is 1. The highest BCUT2D eigenvalue weighted by Crippen LogP contribution is 2.24. The van der Waals surface area contributed by atoms with Crippen LogP contribution < -0.4 is 5.32 Å². The van der Waals surface area contributed by atoms with E-state index >= 15 is 0 Å². The van der Waals surface area contributed by atoms with Gasteiger partial charge < -0.3 is 15.0 Å². The standard InChI is InChI=1S/C16H24N2O/c1-18(12-15-6-4-8-19-15)11-13-9-14-5-2-3-7-16(14)17-10-13/h2-3,5,7,13,15,17H,4,6,8-12H2,1H3. The van der Waals surface area contributed by atoms with Gasteiger partial charge in [-0.05, 0) is 43.9 Å². The molecule has 2 aliphatic heterocycles. The molecule has 0 radical (unpaired) electrons. The Balaban J connectivity index is 1.51. The van der Waals surface area contributed by atoms with Gasteiger partial charge >= 0.3 is 0 Å². The first-order valence-corrected chi connectivity index (χ1v) is 7.43. The largest absolute Gasteiger partial charge is 0.384 e. The molecule has 0 spiro atoms. The predicted octanol–water partition coefficient (Wildman–Crippen LogP) is 2.38. The number of rotatable bonds is 4. The van der Waals surface area contributed by atoms with Crippen LogP contribution in [0.25, 0.3) is 0 Å². The highest BCUT2D eigenvalue weighted by Gasteiger charge is 2.22. The van der Waals surface area contributed by atoms with Crippen molar-refractivity contribution >= 4 is 5.69 Å². The number of benzene rings is 1. The second kappa shape index (κ2) is 5.93. The molecule has 1 N–H and O–H groups in total. The average Bonchev–Trinajstić information content (AvgIpc) is 2.91. The minimum absolute atomic E-state index is 0.467. The third kappa shape index (κ3) is 3.28. The Morgan fingerprint density at radius 1 is 1.32 bits per heavy atom. The van der Waals surface area contributed by atoms with E-state index in [1.807, 2.05) is 0 Å². The molecule has 0 aliphatic carbocycles. The Labute approximate surface area is 115 Å². The molecule has 0 saturated carbocycles. The lowest BCUT2D eigenvalue weighted by Crippen LogP contribution is -2.37. The second-order valence-corrected chi connectivity index (χ2v) is 5.96. The number of hydrogen-bond acceptors (Lipinski definition) is 3. The van der Waals surface area contributed by atoms with Crippen molar-refractivity contribution in [2.45, 2.75) is 25.4 Å². The van der Waals surface area contributed by atoms with Crippen LogP contribution in [0.5, 0.6) is 0 Å². The molecule has 1 saturated heterocycles. The van der Waals surface area contributed by atoms with Crippen LogP contribution in [0.3, 0.4) is 0 Å². The number of likely N-dealkylation sites (N-methyl/N-ethyl adjacent to an activating group) is 1. The summed E-state index contributed by atoms with van der Waals surface area (Å²) in [5.74, 6) is 0.710. The highest BCUT2D eigenvalue weighted by atomic mass is 16.5. The van der Waals surface area contributed by atoms with Crippen LogP contribution in [-0.4, -0.2) is 44.3 Å². The first-order chi connectivity index (χ1) is 9.31. The van der Waals surface area contributed by atoms with Gasteiger partial charge in [0.25, 0.3) is 0 Å². The number of para-hydroxylation sites is 1. The van der Waals surface area contributed by atoms with Crippen LogP contribution in [0.4, 0.5) is 5.69 Å². The van der Waals surface area contributed by atoms with Gasteiger partial charge in [0, 0.05) is 31.9 Å². The molecule has 2 heterocycles. The van der Waals surface area contributed by atoms with E-state index in [1.54, 1.807) is 0 Å². The molecule has 3 nitrogen and oxygen atoms in total. The number of anilines is 1. The van der Waals surface area contributed by atoms with Crippen LogP contribution in [0.1, 0.15) is 18.4 Å². The van der Waals surface area contributed by atoms with Crippen LogP contribution in [0, 0.1) is 5.92 Å². The zero-order valence-corrected chi connectivity index (χ0v) is 11.8. The van der Waals surface area contributed by atoms with Crippen molar-refractivity contribution in [2.75, 3.05) is 38.6 Å². The summed E-state index contributed by atoms with van der Waals surface area (Å²) in [6.45, 7) is 4.28. The summed E-state index contributed by atoms with van der Waals surface area (Å²) in [4.78, 5) is 2.44. The topological polar surface area (TPSA) is 24.5 Å². The fourth-order valence-corrected chi connectivity index (χ4v) is 3.29. The van der Waals surface area contributed by atoms with Gasteiger partial charge in [-0.25, -0.2) is 0 Å². The summed E-state index contributed by atoms with van der Waals surface area (Å²) in [6.07, 6.45) is 4.13. The Morgan fingerprint density at radius 2 is 2.21 bits per heavy atom. The molecule has 2 unspecified atom stereocenters. The maximum absolute atomic E-state index is 5.71. The molecular weight excluding hydrogens is 236 g/mol. The first kappa shape index (κ1) is 12.9.